The Labute approximate surface area is 185 Å². The van der Waals surface area contributed by atoms with E-state index in [2.05, 4.69) is 10.7 Å². The van der Waals surface area contributed by atoms with Gasteiger partial charge in [0, 0.05) is 21.7 Å². The summed E-state index contributed by atoms with van der Waals surface area (Å²) in [5, 5.41) is 3.51. The minimum atomic E-state index is -0.777. The highest BCUT2D eigenvalue weighted by Crippen LogP contribution is 2.25. The monoisotopic (exact) mass is 434 g/mol. The molecule has 6 nitrogen and oxygen atoms in total. The highest BCUT2D eigenvalue weighted by Gasteiger charge is 2.47. The predicted molar refractivity (Wildman–Crippen MR) is 118 cm³/mol. The molecule has 0 radical (unpaired) electrons. The zero-order chi connectivity index (χ0) is 21.8. The third-order valence-corrected chi connectivity index (χ3v) is 5.33. The van der Waals surface area contributed by atoms with Crippen LogP contribution in [0.2, 0.25) is 5.02 Å². The van der Waals surface area contributed by atoms with Crippen molar-refractivity contribution in [2.24, 2.45) is 0 Å². The van der Waals surface area contributed by atoms with Gasteiger partial charge in [-0.25, -0.2) is 0 Å². The van der Waals surface area contributed by atoms with Gasteiger partial charge in [-0.05, 0) is 48.5 Å². The minimum Gasteiger partial charge on any atom is -0.497 e. The number of nitrogens with zero attached hydrogens (tertiary/aromatic N) is 1. The normalized spacial score (nSPS) is 19.2. The standard InChI is InChI=1S/C24H20ClN3O3/c1-31-20-13-9-18(10-14-20)23(29)26-21-22(17-5-3-2-4-6-17)28(27-24(21)30)15-16-7-11-19(25)12-8-16/h2-15,21-22H,1H3,(H-,26,27,29,30)/p+1/b28-15-/t21-,22-/m1/s1. The van der Waals surface area contributed by atoms with E-state index in [-0.39, 0.29) is 11.8 Å². The molecule has 0 saturated carbocycles. The zero-order valence-electron chi connectivity index (χ0n) is 16.8. The summed E-state index contributed by atoms with van der Waals surface area (Å²) in [4.78, 5) is 25.7. The molecule has 1 heterocycles. The Hall–Kier alpha value is -3.64. The highest BCUT2D eigenvalue weighted by atomic mass is 35.5. The second kappa shape index (κ2) is 9.02. The van der Waals surface area contributed by atoms with Crippen LogP contribution >= 0.6 is 11.6 Å². The summed E-state index contributed by atoms with van der Waals surface area (Å²) in [7, 11) is 1.56. The molecule has 0 bridgehead atoms. The summed E-state index contributed by atoms with van der Waals surface area (Å²) >= 11 is 5.98. The van der Waals surface area contributed by atoms with E-state index in [0.717, 1.165) is 11.1 Å². The van der Waals surface area contributed by atoms with Crippen LogP contribution in [-0.2, 0) is 4.79 Å². The van der Waals surface area contributed by atoms with Crippen LogP contribution in [0.15, 0.2) is 78.9 Å². The van der Waals surface area contributed by atoms with Crippen LogP contribution in [0.1, 0.15) is 27.5 Å². The van der Waals surface area contributed by atoms with Crippen LogP contribution in [0.3, 0.4) is 0 Å². The molecule has 1 aliphatic rings. The number of hydrogen-bond donors (Lipinski definition) is 2. The van der Waals surface area contributed by atoms with E-state index < -0.39 is 12.1 Å². The molecule has 0 spiro atoms. The van der Waals surface area contributed by atoms with Crippen molar-refractivity contribution in [3.8, 4) is 5.75 Å². The van der Waals surface area contributed by atoms with Crippen molar-refractivity contribution in [1.82, 2.24) is 10.7 Å². The fourth-order valence-corrected chi connectivity index (χ4v) is 3.63. The number of amides is 2. The Balaban J connectivity index is 1.65. The van der Waals surface area contributed by atoms with E-state index >= 15 is 0 Å². The van der Waals surface area contributed by atoms with Crippen LogP contribution in [0.5, 0.6) is 5.75 Å². The molecule has 0 aromatic heterocycles. The molecule has 31 heavy (non-hydrogen) atoms. The first-order valence-corrected chi connectivity index (χ1v) is 10.1. The number of carbonyl (C=O) groups excluding carboxylic acids is 2. The second-order valence-electron chi connectivity index (χ2n) is 7.10. The van der Waals surface area contributed by atoms with Gasteiger partial charge in [0.25, 0.3) is 5.91 Å². The molecule has 3 aromatic carbocycles. The van der Waals surface area contributed by atoms with E-state index in [1.165, 1.54) is 0 Å². The van der Waals surface area contributed by atoms with Gasteiger partial charge in [0.15, 0.2) is 6.04 Å². The van der Waals surface area contributed by atoms with Crippen molar-refractivity contribution in [2.75, 3.05) is 7.11 Å². The SMILES string of the molecule is COc1ccc(C(=O)N[C@H]2C(=O)N/[N+](=C\c3ccc(Cl)cc3)[C@@H]2c2ccccc2)cc1. The van der Waals surface area contributed by atoms with Gasteiger partial charge < -0.3 is 10.1 Å². The van der Waals surface area contributed by atoms with Gasteiger partial charge in [0.2, 0.25) is 12.3 Å². The van der Waals surface area contributed by atoms with Crippen LogP contribution < -0.4 is 15.5 Å². The number of carbonyl (C=O) groups is 2. The molecule has 0 aliphatic carbocycles. The maximum absolute atomic E-state index is 12.9. The van der Waals surface area contributed by atoms with E-state index in [4.69, 9.17) is 16.3 Å². The van der Waals surface area contributed by atoms with E-state index in [1.54, 1.807) is 48.2 Å². The van der Waals surface area contributed by atoms with Gasteiger partial charge in [-0.15, -0.1) is 10.1 Å². The van der Waals surface area contributed by atoms with Gasteiger partial charge in [-0.1, -0.05) is 41.9 Å². The first-order valence-electron chi connectivity index (χ1n) is 9.74. The summed E-state index contributed by atoms with van der Waals surface area (Å²) < 4.78 is 6.86. The predicted octanol–water partition coefficient (Wildman–Crippen LogP) is 3.36. The van der Waals surface area contributed by atoms with E-state index in [9.17, 15) is 9.59 Å². The van der Waals surface area contributed by atoms with Crippen molar-refractivity contribution >= 4 is 29.6 Å². The largest absolute Gasteiger partial charge is 0.497 e. The average molecular weight is 435 g/mol. The Morgan fingerprint density at radius 3 is 2.35 bits per heavy atom. The molecular formula is C24H21ClN3O3+. The molecule has 4 rings (SSSR count). The van der Waals surface area contributed by atoms with Gasteiger partial charge in [-0.3, -0.25) is 9.59 Å². The molecule has 2 N–H and O–H groups in total. The van der Waals surface area contributed by atoms with Gasteiger partial charge in [0.1, 0.15) is 5.75 Å². The number of nitrogens with one attached hydrogen (secondary N) is 2. The summed E-state index contributed by atoms with van der Waals surface area (Å²) in [5.74, 6) is 0.0269. The lowest BCUT2D eigenvalue weighted by Crippen LogP contribution is -2.42. The number of methoxy groups -OCH3 is 1. The zero-order valence-corrected chi connectivity index (χ0v) is 17.5. The average Bonchev–Trinajstić information content (AvgIpc) is 3.10. The fourth-order valence-electron chi connectivity index (χ4n) is 3.51. The fraction of sp³-hybridized carbons (Fsp3) is 0.125. The van der Waals surface area contributed by atoms with Crippen molar-refractivity contribution in [3.05, 3.63) is 101 Å². The number of ether oxygens (including phenoxy) is 1. The van der Waals surface area contributed by atoms with Crippen LogP contribution in [-0.4, -0.2) is 35.9 Å². The third kappa shape index (κ3) is 4.59. The van der Waals surface area contributed by atoms with Gasteiger partial charge in [-0.2, -0.15) is 0 Å². The molecule has 2 atom stereocenters. The van der Waals surface area contributed by atoms with Crippen molar-refractivity contribution < 1.29 is 19.0 Å². The number of halogens is 1. The molecule has 1 saturated heterocycles. The van der Waals surface area contributed by atoms with Crippen molar-refractivity contribution in [3.63, 3.8) is 0 Å². The molecule has 1 fully saturated rings. The number of benzene rings is 3. The smallest absolute Gasteiger partial charge is 0.304 e. The molecule has 7 heteroatoms. The molecule has 3 aromatic rings. The second-order valence-corrected chi connectivity index (χ2v) is 7.54. The first kappa shape index (κ1) is 20.6. The summed E-state index contributed by atoms with van der Waals surface area (Å²) in [6, 6.07) is 22.4. The van der Waals surface area contributed by atoms with Crippen LogP contribution in [0.4, 0.5) is 0 Å². The lowest BCUT2D eigenvalue weighted by Gasteiger charge is -2.14. The maximum Gasteiger partial charge on any atom is 0.304 e. The topological polar surface area (TPSA) is 70.4 Å². The van der Waals surface area contributed by atoms with E-state index in [1.807, 2.05) is 48.7 Å². The molecule has 2 amide bonds. The molecule has 156 valence electrons. The number of hydrazine groups is 1. The number of rotatable bonds is 5. The first-order chi connectivity index (χ1) is 15.0. The third-order valence-electron chi connectivity index (χ3n) is 5.08. The number of hydrazone groups is 1. The molecular weight excluding hydrogens is 414 g/mol. The van der Waals surface area contributed by atoms with E-state index in [0.29, 0.717) is 16.3 Å². The molecule has 0 unspecified atom stereocenters. The summed E-state index contributed by atoms with van der Waals surface area (Å²) in [5.41, 5.74) is 5.07. The Morgan fingerprint density at radius 2 is 1.71 bits per heavy atom. The minimum absolute atomic E-state index is 0.291. The van der Waals surface area contributed by atoms with Gasteiger partial charge >= 0.3 is 5.91 Å². The Bertz CT molecular complexity index is 1110. The summed E-state index contributed by atoms with van der Waals surface area (Å²) in [6.07, 6.45) is 1.82. The number of hydrogen-bond acceptors (Lipinski definition) is 3. The quantitative estimate of drug-likeness (QED) is 0.605. The Morgan fingerprint density at radius 1 is 1.03 bits per heavy atom. The maximum atomic E-state index is 12.9. The summed E-state index contributed by atoms with van der Waals surface area (Å²) in [6.45, 7) is 0. The van der Waals surface area contributed by atoms with Crippen LogP contribution in [0, 0.1) is 0 Å². The Kier molecular flexibility index (Phi) is 6.00. The van der Waals surface area contributed by atoms with Crippen molar-refractivity contribution in [1.29, 1.82) is 0 Å². The lowest BCUT2D eigenvalue weighted by molar-refractivity contribution is -0.596. The van der Waals surface area contributed by atoms with Crippen LogP contribution in [0.25, 0.3) is 0 Å². The lowest BCUT2D eigenvalue weighted by atomic mass is 10.00. The van der Waals surface area contributed by atoms with Crippen molar-refractivity contribution in [2.45, 2.75) is 12.1 Å². The highest BCUT2D eigenvalue weighted by molar-refractivity contribution is 6.30. The molecule has 1 aliphatic heterocycles. The van der Waals surface area contributed by atoms with Gasteiger partial charge in [0.05, 0.1) is 7.11 Å².